The van der Waals surface area contributed by atoms with Crippen LogP contribution in [-0.4, -0.2) is 22.6 Å². The first-order valence-corrected chi connectivity index (χ1v) is 5.55. The number of amides is 2. The van der Waals surface area contributed by atoms with E-state index < -0.39 is 5.91 Å². The Bertz CT molecular complexity index is 467. The number of primary amides is 1. The molecule has 0 aromatic heterocycles. The summed E-state index contributed by atoms with van der Waals surface area (Å²) in [6, 6.07) is 6.78. The van der Waals surface area contributed by atoms with Crippen LogP contribution in [0.5, 0.6) is 0 Å². The Balaban J connectivity index is 2.22. The van der Waals surface area contributed by atoms with E-state index in [0.29, 0.717) is 11.3 Å². The van der Waals surface area contributed by atoms with Gasteiger partial charge in [0.05, 0.1) is 5.75 Å². The van der Waals surface area contributed by atoms with Crippen molar-refractivity contribution in [3.63, 3.8) is 0 Å². The molecule has 0 unspecified atom stereocenters. The topological polar surface area (TPSA) is 84.6 Å². The van der Waals surface area contributed by atoms with E-state index in [2.05, 4.69) is 10.5 Å². The smallest absolute Gasteiger partial charge is 0.250 e. The van der Waals surface area contributed by atoms with Gasteiger partial charge in [-0.05, 0) is 12.1 Å². The lowest BCUT2D eigenvalue weighted by atomic mass is 10.1. The Kier molecular flexibility index (Phi) is 2.91. The zero-order chi connectivity index (χ0) is 11.5. The van der Waals surface area contributed by atoms with E-state index >= 15 is 0 Å². The van der Waals surface area contributed by atoms with Crippen LogP contribution >= 0.6 is 11.8 Å². The molecule has 0 fully saturated rings. The number of hydrazone groups is 1. The third kappa shape index (κ3) is 2.22. The van der Waals surface area contributed by atoms with Crippen LogP contribution in [0.2, 0.25) is 0 Å². The van der Waals surface area contributed by atoms with Crippen LogP contribution in [0.25, 0.3) is 0 Å². The molecule has 0 saturated heterocycles. The quantitative estimate of drug-likeness (QED) is 0.773. The highest BCUT2D eigenvalue weighted by atomic mass is 32.2. The molecule has 0 atom stereocenters. The Labute approximate surface area is 96.1 Å². The minimum Gasteiger partial charge on any atom is -0.366 e. The summed E-state index contributed by atoms with van der Waals surface area (Å²) >= 11 is 1.36. The molecule has 5 nitrogen and oxygen atoms in total. The van der Waals surface area contributed by atoms with Crippen molar-refractivity contribution in [1.82, 2.24) is 5.43 Å². The summed E-state index contributed by atoms with van der Waals surface area (Å²) in [6.07, 6.45) is 0. The van der Waals surface area contributed by atoms with Crippen LogP contribution in [-0.2, 0) is 4.79 Å². The van der Waals surface area contributed by atoms with E-state index in [1.807, 2.05) is 0 Å². The second-order valence-corrected chi connectivity index (χ2v) is 4.15. The fraction of sp³-hybridized carbons (Fsp3) is 0.100. The van der Waals surface area contributed by atoms with Gasteiger partial charge in [0.2, 0.25) is 5.91 Å². The number of hydrogen-bond acceptors (Lipinski definition) is 4. The first-order chi connectivity index (χ1) is 7.66. The molecule has 0 radical (unpaired) electrons. The number of carbonyl (C=O) groups excluding carboxylic acids is 2. The maximum atomic E-state index is 10.9. The van der Waals surface area contributed by atoms with Crippen molar-refractivity contribution in [2.75, 3.05) is 5.75 Å². The first kappa shape index (κ1) is 10.7. The highest BCUT2D eigenvalue weighted by Gasteiger charge is 2.13. The van der Waals surface area contributed by atoms with Gasteiger partial charge in [0, 0.05) is 11.1 Å². The molecule has 1 aliphatic heterocycles. The lowest BCUT2D eigenvalue weighted by molar-refractivity contribution is -0.118. The fourth-order valence-electron chi connectivity index (χ4n) is 1.24. The highest BCUT2D eigenvalue weighted by Crippen LogP contribution is 2.16. The summed E-state index contributed by atoms with van der Waals surface area (Å²) in [4.78, 5) is 21.7. The van der Waals surface area contributed by atoms with E-state index in [9.17, 15) is 9.59 Å². The molecular weight excluding hydrogens is 226 g/mol. The van der Waals surface area contributed by atoms with Gasteiger partial charge < -0.3 is 5.73 Å². The molecule has 0 aliphatic carbocycles. The lowest BCUT2D eigenvalue weighted by Crippen LogP contribution is -2.26. The summed E-state index contributed by atoms with van der Waals surface area (Å²) in [5, 5.41) is 4.65. The molecule has 0 saturated carbocycles. The number of thioether (sulfide) groups is 1. The van der Waals surface area contributed by atoms with E-state index in [1.54, 1.807) is 24.3 Å². The molecule has 1 aromatic carbocycles. The number of hydrogen-bond donors (Lipinski definition) is 2. The van der Waals surface area contributed by atoms with Crippen molar-refractivity contribution in [1.29, 1.82) is 0 Å². The van der Waals surface area contributed by atoms with Crippen molar-refractivity contribution < 1.29 is 9.59 Å². The SMILES string of the molecule is NC(=O)c1ccc(C2=NNC(=O)CS2)cc1. The van der Waals surface area contributed by atoms with Gasteiger partial charge in [-0.1, -0.05) is 23.9 Å². The number of nitrogens with one attached hydrogen (secondary N) is 1. The summed E-state index contributed by atoms with van der Waals surface area (Å²) in [5.41, 5.74) is 8.84. The van der Waals surface area contributed by atoms with Gasteiger partial charge in [-0.3, -0.25) is 9.59 Å². The van der Waals surface area contributed by atoms with Crippen molar-refractivity contribution in [2.45, 2.75) is 0 Å². The molecule has 0 spiro atoms. The summed E-state index contributed by atoms with van der Waals surface area (Å²) in [7, 11) is 0. The summed E-state index contributed by atoms with van der Waals surface area (Å²) in [5.74, 6) is -0.211. The average Bonchev–Trinajstić information content (AvgIpc) is 2.30. The normalized spacial score (nSPS) is 15.2. The van der Waals surface area contributed by atoms with Gasteiger partial charge in [-0.2, -0.15) is 5.10 Å². The van der Waals surface area contributed by atoms with Crippen LogP contribution in [0.4, 0.5) is 0 Å². The van der Waals surface area contributed by atoms with Crippen molar-refractivity contribution >= 4 is 28.6 Å². The maximum Gasteiger partial charge on any atom is 0.250 e. The lowest BCUT2D eigenvalue weighted by Gasteiger charge is -2.11. The second kappa shape index (κ2) is 4.36. The van der Waals surface area contributed by atoms with Crippen LogP contribution in [0, 0.1) is 0 Å². The number of benzene rings is 1. The molecule has 3 N–H and O–H groups in total. The van der Waals surface area contributed by atoms with Crippen LogP contribution in [0.1, 0.15) is 15.9 Å². The summed E-state index contributed by atoms with van der Waals surface area (Å²) < 4.78 is 0. The molecule has 82 valence electrons. The predicted octanol–water partition coefficient (Wildman–Crippen LogP) is 0.310. The van der Waals surface area contributed by atoms with Crippen molar-refractivity contribution in [2.24, 2.45) is 10.8 Å². The summed E-state index contributed by atoms with van der Waals surface area (Å²) in [6.45, 7) is 0. The number of rotatable bonds is 2. The molecule has 6 heteroatoms. The second-order valence-electron chi connectivity index (χ2n) is 3.18. The largest absolute Gasteiger partial charge is 0.366 e. The molecule has 1 aliphatic rings. The first-order valence-electron chi connectivity index (χ1n) is 4.56. The van der Waals surface area contributed by atoms with E-state index in [4.69, 9.17) is 5.73 Å². The van der Waals surface area contributed by atoms with Gasteiger partial charge in [-0.25, -0.2) is 5.43 Å². The molecule has 2 amide bonds. The fourth-order valence-corrected chi connectivity index (χ4v) is 1.98. The Morgan fingerprint density at radius 1 is 1.38 bits per heavy atom. The minimum atomic E-state index is -0.460. The van der Waals surface area contributed by atoms with Crippen molar-refractivity contribution in [3.05, 3.63) is 35.4 Å². The maximum absolute atomic E-state index is 10.9. The van der Waals surface area contributed by atoms with Gasteiger partial charge in [-0.15, -0.1) is 0 Å². The monoisotopic (exact) mass is 235 g/mol. The number of nitrogens with zero attached hydrogens (tertiary/aromatic N) is 1. The van der Waals surface area contributed by atoms with Gasteiger partial charge in [0.15, 0.2) is 0 Å². The van der Waals surface area contributed by atoms with E-state index in [0.717, 1.165) is 10.6 Å². The molecule has 16 heavy (non-hydrogen) atoms. The Morgan fingerprint density at radius 2 is 2.06 bits per heavy atom. The number of carbonyl (C=O) groups is 2. The predicted molar refractivity (Wildman–Crippen MR) is 62.1 cm³/mol. The van der Waals surface area contributed by atoms with Crippen LogP contribution in [0.3, 0.4) is 0 Å². The van der Waals surface area contributed by atoms with E-state index in [-0.39, 0.29) is 5.91 Å². The van der Waals surface area contributed by atoms with Crippen molar-refractivity contribution in [3.8, 4) is 0 Å². The molecule has 1 aromatic rings. The van der Waals surface area contributed by atoms with E-state index in [1.165, 1.54) is 11.8 Å². The minimum absolute atomic E-state index is 0.109. The standard InChI is InChI=1S/C10H9N3O2S/c11-9(15)6-1-3-7(4-2-6)10-13-12-8(14)5-16-10/h1-4H,5H2,(H2,11,15)(H,12,14). The zero-order valence-corrected chi connectivity index (χ0v) is 9.08. The van der Waals surface area contributed by atoms with Gasteiger partial charge in [0.1, 0.15) is 5.04 Å². The third-order valence-corrected chi connectivity index (χ3v) is 3.05. The average molecular weight is 235 g/mol. The highest BCUT2D eigenvalue weighted by molar-refractivity contribution is 8.15. The third-order valence-electron chi connectivity index (χ3n) is 2.04. The molecule has 2 rings (SSSR count). The molecule has 1 heterocycles. The Morgan fingerprint density at radius 3 is 2.56 bits per heavy atom. The van der Waals surface area contributed by atoms with Crippen LogP contribution < -0.4 is 11.2 Å². The molecular formula is C10H9N3O2S. The Hall–Kier alpha value is -1.82. The number of nitrogens with two attached hydrogens (primary N) is 1. The zero-order valence-electron chi connectivity index (χ0n) is 8.27. The van der Waals surface area contributed by atoms with Gasteiger partial charge in [0.25, 0.3) is 5.91 Å². The van der Waals surface area contributed by atoms with Crippen LogP contribution in [0.15, 0.2) is 29.4 Å². The van der Waals surface area contributed by atoms with Gasteiger partial charge >= 0.3 is 0 Å². The molecule has 0 bridgehead atoms.